The molecule has 1 aromatic carbocycles. The highest BCUT2D eigenvalue weighted by atomic mass is 79.9. The van der Waals surface area contributed by atoms with Gasteiger partial charge in [0, 0.05) is 11.3 Å². The van der Waals surface area contributed by atoms with Gasteiger partial charge in [0.05, 0.1) is 11.3 Å². The van der Waals surface area contributed by atoms with Gasteiger partial charge in [0.15, 0.2) is 11.6 Å². The van der Waals surface area contributed by atoms with Crippen molar-refractivity contribution in [3.8, 4) is 22.9 Å². The first-order chi connectivity index (χ1) is 13.7. The molecule has 0 aliphatic heterocycles. The van der Waals surface area contributed by atoms with Crippen LogP contribution in [0.2, 0.25) is 0 Å². The quantitative estimate of drug-likeness (QED) is 0.441. The monoisotopic (exact) mass is 462 g/mol. The van der Waals surface area contributed by atoms with Crippen LogP contribution in [0.1, 0.15) is 30.3 Å². The topological polar surface area (TPSA) is 41.8 Å². The molecule has 0 fully saturated rings. The predicted octanol–water partition coefficient (Wildman–Crippen LogP) is 7.37. The first kappa shape index (κ1) is 19.8. The van der Waals surface area contributed by atoms with Crippen molar-refractivity contribution in [2.24, 2.45) is 5.92 Å². The Morgan fingerprint density at radius 1 is 1.10 bits per heavy atom. The summed E-state index contributed by atoms with van der Waals surface area (Å²) in [5.74, 6) is 1.41. The lowest BCUT2D eigenvalue weighted by atomic mass is 9.93. The summed E-state index contributed by atoms with van der Waals surface area (Å²) >= 11 is 3.55. The number of aromatic amines is 1. The normalized spacial score (nSPS) is 17.2. The van der Waals surface area contributed by atoms with Crippen LogP contribution in [0, 0.1) is 12.8 Å². The summed E-state index contributed by atoms with van der Waals surface area (Å²) in [6.45, 7) is 4.06. The van der Waals surface area contributed by atoms with E-state index in [4.69, 9.17) is 4.42 Å². The van der Waals surface area contributed by atoms with Gasteiger partial charge in [0.1, 0.15) is 5.76 Å². The van der Waals surface area contributed by atoms with E-state index in [1.54, 1.807) is 18.2 Å². The molecule has 1 unspecified atom stereocenters. The van der Waals surface area contributed by atoms with E-state index in [-0.39, 0.29) is 11.3 Å². The Labute approximate surface area is 174 Å². The molecule has 1 aliphatic carbocycles. The number of halogens is 4. The number of imidazole rings is 1. The lowest BCUT2D eigenvalue weighted by molar-refractivity contribution is -0.137. The molecule has 0 radical (unpaired) electrons. The number of hydrogen-bond acceptors (Lipinski definition) is 2. The lowest BCUT2D eigenvalue weighted by Gasteiger charge is -2.17. The highest BCUT2D eigenvalue weighted by Gasteiger charge is 2.34. The van der Waals surface area contributed by atoms with Crippen molar-refractivity contribution < 1.29 is 17.6 Å². The van der Waals surface area contributed by atoms with Crippen molar-refractivity contribution in [2.75, 3.05) is 0 Å². The molecule has 7 heteroatoms. The smallest absolute Gasteiger partial charge is 0.417 e. The summed E-state index contributed by atoms with van der Waals surface area (Å²) in [6, 6.07) is 8.56. The Bertz CT molecular complexity index is 1120. The van der Waals surface area contributed by atoms with Crippen molar-refractivity contribution >= 4 is 21.5 Å². The molecule has 1 aliphatic rings. The molecular formula is C22H18BrF3N2O. The first-order valence-electron chi connectivity index (χ1n) is 9.14. The molecule has 0 bridgehead atoms. The molecule has 1 atom stereocenters. The fourth-order valence-corrected chi connectivity index (χ4v) is 3.75. The van der Waals surface area contributed by atoms with Crippen molar-refractivity contribution in [3.05, 3.63) is 70.0 Å². The number of nitrogens with zero attached hydrogens (tertiary/aromatic N) is 1. The molecule has 0 spiro atoms. The standard InChI is InChI=1S/C22H18BrF3N2O/c1-12-11-14(7-8-17(12)23)20-13(2)27-21(28-20)19-10-9-18(29-19)15-5-3-4-6-16(15)22(24,25)26/h3-10,12H,11H2,1-2H3,(H,27,28). The maximum Gasteiger partial charge on any atom is 0.417 e. The van der Waals surface area contributed by atoms with Crippen LogP contribution >= 0.6 is 15.9 Å². The molecule has 0 saturated carbocycles. The van der Waals surface area contributed by atoms with Gasteiger partial charge in [-0.15, -0.1) is 0 Å². The number of nitrogens with one attached hydrogen (secondary N) is 1. The Morgan fingerprint density at radius 2 is 1.83 bits per heavy atom. The maximum atomic E-state index is 13.3. The molecule has 0 saturated heterocycles. The van der Waals surface area contributed by atoms with E-state index in [2.05, 4.69) is 32.8 Å². The fourth-order valence-electron chi connectivity index (χ4n) is 3.46. The van der Waals surface area contributed by atoms with Crippen LogP contribution in [-0.2, 0) is 6.18 Å². The van der Waals surface area contributed by atoms with Gasteiger partial charge in [-0.1, -0.05) is 53.2 Å². The Hall–Kier alpha value is -2.54. The third kappa shape index (κ3) is 3.83. The van der Waals surface area contributed by atoms with Gasteiger partial charge in [0.2, 0.25) is 0 Å². The summed E-state index contributed by atoms with van der Waals surface area (Å²) < 4.78 is 46.8. The molecule has 2 aromatic heterocycles. The Balaban J connectivity index is 1.69. The number of H-pyrrole nitrogens is 1. The van der Waals surface area contributed by atoms with E-state index < -0.39 is 11.7 Å². The van der Waals surface area contributed by atoms with E-state index in [1.165, 1.54) is 12.1 Å². The fraction of sp³-hybridized carbons (Fsp3) is 0.227. The van der Waals surface area contributed by atoms with Gasteiger partial charge >= 0.3 is 6.18 Å². The second kappa shape index (κ2) is 7.37. The van der Waals surface area contributed by atoms with E-state index in [1.807, 2.05) is 19.1 Å². The Kier molecular flexibility index (Phi) is 5.02. The van der Waals surface area contributed by atoms with E-state index in [9.17, 15) is 13.2 Å². The molecule has 2 heterocycles. The number of benzene rings is 1. The minimum Gasteiger partial charge on any atom is -0.453 e. The maximum absolute atomic E-state index is 13.3. The molecule has 150 valence electrons. The molecule has 1 N–H and O–H groups in total. The van der Waals surface area contributed by atoms with Gasteiger partial charge in [0.25, 0.3) is 0 Å². The lowest BCUT2D eigenvalue weighted by Crippen LogP contribution is -2.06. The van der Waals surface area contributed by atoms with Gasteiger partial charge in [-0.05, 0) is 47.5 Å². The largest absolute Gasteiger partial charge is 0.453 e. The van der Waals surface area contributed by atoms with Gasteiger partial charge in [-0.25, -0.2) is 4.98 Å². The molecule has 3 aromatic rings. The number of alkyl halides is 3. The van der Waals surface area contributed by atoms with Crippen LogP contribution in [0.15, 0.2) is 57.4 Å². The van der Waals surface area contributed by atoms with Gasteiger partial charge < -0.3 is 9.40 Å². The first-order valence-corrected chi connectivity index (χ1v) is 9.93. The Morgan fingerprint density at radius 3 is 2.55 bits per heavy atom. The van der Waals surface area contributed by atoms with Crippen molar-refractivity contribution in [1.82, 2.24) is 9.97 Å². The number of hydrogen-bond donors (Lipinski definition) is 1. The van der Waals surface area contributed by atoms with Crippen LogP contribution in [0.25, 0.3) is 28.5 Å². The van der Waals surface area contributed by atoms with Gasteiger partial charge in [-0.3, -0.25) is 0 Å². The van der Waals surface area contributed by atoms with E-state index in [0.717, 1.165) is 33.9 Å². The molecular weight excluding hydrogens is 445 g/mol. The summed E-state index contributed by atoms with van der Waals surface area (Å²) in [7, 11) is 0. The third-order valence-corrected chi connectivity index (χ3v) is 6.01. The summed E-state index contributed by atoms with van der Waals surface area (Å²) in [5, 5.41) is 0. The van der Waals surface area contributed by atoms with Crippen molar-refractivity contribution in [2.45, 2.75) is 26.4 Å². The molecule has 0 amide bonds. The SMILES string of the molecule is Cc1[nH]c(-c2ccc(-c3ccccc3C(F)(F)F)o2)nc1C1=CC=C(Br)C(C)C1. The van der Waals surface area contributed by atoms with Crippen LogP contribution in [0.3, 0.4) is 0 Å². The van der Waals surface area contributed by atoms with Crippen LogP contribution < -0.4 is 0 Å². The zero-order valence-electron chi connectivity index (χ0n) is 15.8. The number of aryl methyl sites for hydroxylation is 1. The molecule has 3 nitrogen and oxygen atoms in total. The molecule has 29 heavy (non-hydrogen) atoms. The van der Waals surface area contributed by atoms with E-state index in [0.29, 0.717) is 17.5 Å². The van der Waals surface area contributed by atoms with Crippen molar-refractivity contribution in [3.63, 3.8) is 0 Å². The summed E-state index contributed by atoms with van der Waals surface area (Å²) in [6.07, 6.45) is 0.453. The highest BCUT2D eigenvalue weighted by Crippen LogP contribution is 2.39. The van der Waals surface area contributed by atoms with Crippen molar-refractivity contribution in [1.29, 1.82) is 0 Å². The predicted molar refractivity (Wildman–Crippen MR) is 110 cm³/mol. The number of rotatable bonds is 3. The number of aromatic nitrogens is 2. The molecule has 4 rings (SSSR count). The van der Waals surface area contributed by atoms with Crippen LogP contribution in [0.4, 0.5) is 13.2 Å². The second-order valence-electron chi connectivity index (χ2n) is 7.11. The summed E-state index contributed by atoms with van der Waals surface area (Å²) in [4.78, 5) is 7.85. The van der Waals surface area contributed by atoms with E-state index >= 15 is 0 Å². The minimum atomic E-state index is -4.45. The zero-order valence-corrected chi connectivity index (χ0v) is 17.4. The van der Waals surface area contributed by atoms with Crippen LogP contribution in [-0.4, -0.2) is 9.97 Å². The highest BCUT2D eigenvalue weighted by molar-refractivity contribution is 9.11. The summed E-state index contributed by atoms with van der Waals surface area (Å²) in [5.41, 5.74) is 2.12. The minimum absolute atomic E-state index is 0.00792. The van der Waals surface area contributed by atoms with Gasteiger partial charge in [-0.2, -0.15) is 13.2 Å². The second-order valence-corrected chi connectivity index (χ2v) is 8.03. The average molecular weight is 463 g/mol. The average Bonchev–Trinajstić information content (AvgIpc) is 3.30. The van der Waals surface area contributed by atoms with Crippen LogP contribution in [0.5, 0.6) is 0 Å². The third-order valence-electron chi connectivity index (χ3n) is 4.97. The number of furan rings is 1. The zero-order chi connectivity index (χ0) is 20.8. The number of allylic oxidation sites excluding steroid dienone is 4.